The molecule has 0 aliphatic carbocycles. The van der Waals surface area contributed by atoms with Gasteiger partial charge in [0.15, 0.2) is 0 Å². The normalized spacial score (nSPS) is 10.6. The smallest absolute Gasteiger partial charge is 0.550 e. The van der Waals surface area contributed by atoms with Gasteiger partial charge < -0.3 is 29.6 Å². The number of carboxylic acid groups (broad SMARTS) is 3. The second-order valence-electron chi connectivity index (χ2n) is 2.75. The Bertz CT molecular complexity index is 256. The molecular weight excluding hydrogens is 254 g/mol. The van der Waals surface area contributed by atoms with E-state index in [0.29, 0.717) is 0 Å². The van der Waals surface area contributed by atoms with Gasteiger partial charge in [-0.1, -0.05) is 0 Å². The molecule has 0 spiro atoms. The molecule has 0 aliphatic rings. The number of hydrogen-bond donors (Lipinski definition) is 1. The fourth-order valence-corrected chi connectivity index (χ4v) is 0.811. The van der Waals surface area contributed by atoms with E-state index in [1.54, 1.807) is 0 Å². The molecule has 1 unspecified atom stereocenters. The molecule has 0 amide bonds. The standard InChI is InChI=1S/C8H12O7.2Na/c9-6(10)2-1-3-15-5(8(13)14)4-7(11)12;;/h5H,1-4H2,(H,9,10)(H,11,12)(H,13,14);;/q;2*+1/p-2. The summed E-state index contributed by atoms with van der Waals surface area (Å²) in [4.78, 5) is 30.5. The van der Waals surface area contributed by atoms with E-state index < -0.39 is 30.4 Å². The summed E-state index contributed by atoms with van der Waals surface area (Å²) in [7, 11) is 0. The summed E-state index contributed by atoms with van der Waals surface area (Å²) in [5.41, 5.74) is 0. The summed E-state index contributed by atoms with van der Waals surface area (Å²) in [5.74, 6) is -4.26. The van der Waals surface area contributed by atoms with Crippen LogP contribution >= 0.6 is 0 Å². The second-order valence-corrected chi connectivity index (χ2v) is 2.75. The Morgan fingerprint density at radius 1 is 1.18 bits per heavy atom. The van der Waals surface area contributed by atoms with Crippen molar-refractivity contribution in [2.45, 2.75) is 25.4 Å². The maximum absolute atomic E-state index is 10.3. The summed E-state index contributed by atoms with van der Waals surface area (Å²) in [6, 6.07) is 0. The van der Waals surface area contributed by atoms with Crippen LogP contribution in [0.4, 0.5) is 0 Å². The Kier molecular flexibility index (Phi) is 17.0. The molecule has 0 rings (SSSR count). The molecule has 0 bridgehead atoms. The average molecular weight is 264 g/mol. The predicted octanol–water partition coefficient (Wildman–Crippen LogP) is -8.87. The van der Waals surface area contributed by atoms with E-state index in [-0.39, 0.29) is 78.6 Å². The van der Waals surface area contributed by atoms with Gasteiger partial charge in [0.05, 0.1) is 5.97 Å². The third kappa shape index (κ3) is 14.3. The van der Waals surface area contributed by atoms with Gasteiger partial charge in [-0.15, -0.1) is 0 Å². The first-order valence-electron chi connectivity index (χ1n) is 4.17. The molecule has 0 aromatic heterocycles. The van der Waals surface area contributed by atoms with Crippen LogP contribution in [0.15, 0.2) is 0 Å². The largest absolute Gasteiger partial charge is 1.00 e. The van der Waals surface area contributed by atoms with E-state index in [9.17, 15) is 24.6 Å². The third-order valence-corrected chi connectivity index (χ3v) is 1.47. The monoisotopic (exact) mass is 264 g/mol. The van der Waals surface area contributed by atoms with Crippen molar-refractivity contribution in [1.82, 2.24) is 0 Å². The Labute approximate surface area is 142 Å². The van der Waals surface area contributed by atoms with Crippen LogP contribution in [0.3, 0.4) is 0 Å². The molecule has 9 heteroatoms. The van der Waals surface area contributed by atoms with E-state index in [4.69, 9.17) is 5.11 Å². The minimum atomic E-state index is -1.66. The van der Waals surface area contributed by atoms with Crippen LogP contribution in [0.1, 0.15) is 19.3 Å². The van der Waals surface area contributed by atoms with Crippen LogP contribution < -0.4 is 69.3 Å². The van der Waals surface area contributed by atoms with Crippen LogP contribution in [0.25, 0.3) is 0 Å². The van der Waals surface area contributed by atoms with Crippen LogP contribution in [0.5, 0.6) is 0 Å². The molecule has 17 heavy (non-hydrogen) atoms. The Hall–Kier alpha value is 0.370. The first-order chi connectivity index (χ1) is 6.93. The number of hydrogen-bond acceptors (Lipinski definition) is 6. The zero-order chi connectivity index (χ0) is 11.8. The molecule has 0 saturated carbocycles. The molecule has 1 N–H and O–H groups in total. The molecule has 0 radical (unpaired) electrons. The molecule has 0 fully saturated rings. The van der Waals surface area contributed by atoms with E-state index in [2.05, 4.69) is 4.74 Å². The van der Waals surface area contributed by atoms with Gasteiger partial charge in [0.25, 0.3) is 0 Å². The van der Waals surface area contributed by atoms with E-state index in [1.165, 1.54) is 0 Å². The number of aliphatic carboxylic acids is 3. The van der Waals surface area contributed by atoms with Crippen molar-refractivity contribution in [2.75, 3.05) is 6.61 Å². The molecule has 1 atom stereocenters. The molecule has 0 aromatic carbocycles. The first-order valence-corrected chi connectivity index (χ1v) is 4.17. The van der Waals surface area contributed by atoms with Gasteiger partial charge in [-0.25, -0.2) is 0 Å². The van der Waals surface area contributed by atoms with E-state index in [1.807, 2.05) is 0 Å². The van der Waals surface area contributed by atoms with Gasteiger partial charge in [-0.2, -0.15) is 0 Å². The maximum atomic E-state index is 10.3. The number of ether oxygens (including phenoxy) is 1. The predicted molar refractivity (Wildman–Crippen MR) is 41.2 cm³/mol. The van der Waals surface area contributed by atoms with Crippen molar-refractivity contribution in [3.63, 3.8) is 0 Å². The summed E-state index contributed by atoms with van der Waals surface area (Å²) in [5, 5.41) is 28.6. The molecule has 0 saturated heterocycles. The quantitative estimate of drug-likeness (QED) is 0.340. The van der Waals surface area contributed by atoms with Crippen molar-refractivity contribution in [3.05, 3.63) is 0 Å². The van der Waals surface area contributed by atoms with E-state index >= 15 is 0 Å². The minimum absolute atomic E-state index is 0. The molecule has 0 heterocycles. The molecule has 7 nitrogen and oxygen atoms in total. The van der Waals surface area contributed by atoms with Gasteiger partial charge in [-0.3, -0.25) is 4.79 Å². The van der Waals surface area contributed by atoms with Gasteiger partial charge in [0.2, 0.25) is 0 Å². The minimum Gasteiger partial charge on any atom is -0.550 e. The number of carbonyl (C=O) groups is 3. The summed E-state index contributed by atoms with van der Waals surface area (Å²) in [6.07, 6.45) is -2.48. The van der Waals surface area contributed by atoms with Crippen LogP contribution in [-0.2, 0) is 19.1 Å². The van der Waals surface area contributed by atoms with Crippen molar-refractivity contribution >= 4 is 17.9 Å². The van der Waals surface area contributed by atoms with Crippen molar-refractivity contribution in [1.29, 1.82) is 0 Å². The van der Waals surface area contributed by atoms with Crippen LogP contribution in [0.2, 0.25) is 0 Å². The Morgan fingerprint density at radius 2 is 1.71 bits per heavy atom. The van der Waals surface area contributed by atoms with Gasteiger partial charge >= 0.3 is 65.1 Å². The molecule has 86 valence electrons. The third-order valence-electron chi connectivity index (χ3n) is 1.47. The zero-order valence-electron chi connectivity index (χ0n) is 9.80. The molecular formula is C8H10Na2O7. The molecule has 0 aromatic rings. The van der Waals surface area contributed by atoms with Gasteiger partial charge in [0.1, 0.15) is 6.10 Å². The fraction of sp³-hybridized carbons (Fsp3) is 0.625. The van der Waals surface area contributed by atoms with Gasteiger partial charge in [0, 0.05) is 25.4 Å². The number of carboxylic acids is 3. The van der Waals surface area contributed by atoms with E-state index in [0.717, 1.165) is 0 Å². The average Bonchev–Trinajstić information content (AvgIpc) is 2.08. The first kappa shape index (κ1) is 22.5. The SMILES string of the molecule is O=C([O-])CC(OCCCC(=O)O)C(=O)[O-].[Na+].[Na+]. The number of rotatable bonds is 8. The Morgan fingerprint density at radius 3 is 2.06 bits per heavy atom. The van der Waals surface area contributed by atoms with Crippen molar-refractivity contribution in [3.8, 4) is 0 Å². The zero-order valence-corrected chi connectivity index (χ0v) is 13.8. The van der Waals surface area contributed by atoms with Crippen LogP contribution in [0, 0.1) is 0 Å². The number of carbonyl (C=O) groups excluding carboxylic acids is 2. The van der Waals surface area contributed by atoms with Crippen LogP contribution in [-0.4, -0.2) is 35.7 Å². The van der Waals surface area contributed by atoms with Gasteiger partial charge in [-0.05, 0) is 6.42 Å². The summed E-state index contributed by atoms with van der Waals surface area (Å²) >= 11 is 0. The van der Waals surface area contributed by atoms with Crippen molar-refractivity contribution < 1.29 is 93.6 Å². The second kappa shape index (κ2) is 12.8. The Balaban J connectivity index is -0.000000980. The summed E-state index contributed by atoms with van der Waals surface area (Å²) in [6.45, 7) is -0.155. The summed E-state index contributed by atoms with van der Waals surface area (Å²) < 4.78 is 4.62. The maximum Gasteiger partial charge on any atom is 1.00 e. The fourth-order valence-electron chi connectivity index (χ4n) is 0.811. The molecule has 0 aliphatic heterocycles. The topological polar surface area (TPSA) is 127 Å². The van der Waals surface area contributed by atoms with Crippen molar-refractivity contribution in [2.24, 2.45) is 0 Å².